The van der Waals surface area contributed by atoms with Gasteiger partial charge in [-0.2, -0.15) is 0 Å². The molecule has 1 saturated carbocycles. The maximum atomic E-state index is 3.69. The van der Waals surface area contributed by atoms with Crippen molar-refractivity contribution in [2.75, 3.05) is 14.1 Å². The largest absolute Gasteiger partial charge is 0.361 e. The fraction of sp³-hybridized carbons (Fsp3) is 0.467. The lowest BCUT2D eigenvalue weighted by Gasteiger charge is -2.18. The van der Waals surface area contributed by atoms with Crippen LogP contribution >= 0.6 is 15.9 Å². The van der Waals surface area contributed by atoms with Gasteiger partial charge in [0.25, 0.3) is 0 Å². The zero-order chi connectivity index (χ0) is 12.7. The molecule has 3 heteroatoms. The van der Waals surface area contributed by atoms with Gasteiger partial charge in [-0.1, -0.05) is 22.0 Å². The minimum atomic E-state index is 0.699. The lowest BCUT2D eigenvalue weighted by molar-refractivity contribution is 0.297. The van der Waals surface area contributed by atoms with Crippen molar-refractivity contribution in [3.63, 3.8) is 0 Å². The third-order valence-corrected chi connectivity index (χ3v) is 4.92. The van der Waals surface area contributed by atoms with Crippen LogP contribution in [0.1, 0.15) is 30.7 Å². The van der Waals surface area contributed by atoms with Crippen molar-refractivity contribution < 1.29 is 0 Å². The van der Waals surface area contributed by atoms with Gasteiger partial charge in [0.2, 0.25) is 0 Å². The number of rotatable bonds is 2. The van der Waals surface area contributed by atoms with Crippen LogP contribution in [-0.2, 0) is 0 Å². The van der Waals surface area contributed by atoms with Crippen molar-refractivity contribution in [2.45, 2.75) is 31.2 Å². The van der Waals surface area contributed by atoms with Crippen molar-refractivity contribution in [3.8, 4) is 0 Å². The number of fused-ring (bicyclic) bond motifs is 1. The van der Waals surface area contributed by atoms with Gasteiger partial charge in [0.1, 0.15) is 0 Å². The van der Waals surface area contributed by atoms with Gasteiger partial charge >= 0.3 is 0 Å². The van der Waals surface area contributed by atoms with E-state index in [1.165, 1.54) is 40.2 Å². The van der Waals surface area contributed by atoms with Crippen LogP contribution in [0.2, 0.25) is 0 Å². The molecule has 18 heavy (non-hydrogen) atoms. The first-order valence-electron chi connectivity index (χ1n) is 6.58. The molecule has 1 aliphatic carbocycles. The number of nitrogens with one attached hydrogen (secondary N) is 1. The van der Waals surface area contributed by atoms with Crippen LogP contribution in [0.25, 0.3) is 10.9 Å². The molecule has 0 aliphatic heterocycles. The SMILES string of the molecule is CN(C)C1CCC(c2c[nH]c3cccc(Br)c23)C1. The van der Waals surface area contributed by atoms with Crippen LogP contribution in [0.5, 0.6) is 0 Å². The van der Waals surface area contributed by atoms with Gasteiger partial charge in [0.05, 0.1) is 0 Å². The summed E-state index contributed by atoms with van der Waals surface area (Å²) in [5.41, 5.74) is 2.73. The zero-order valence-electron chi connectivity index (χ0n) is 10.9. The summed E-state index contributed by atoms with van der Waals surface area (Å²) in [7, 11) is 4.39. The Morgan fingerprint density at radius 3 is 2.83 bits per heavy atom. The van der Waals surface area contributed by atoms with Gasteiger partial charge < -0.3 is 9.88 Å². The number of benzene rings is 1. The first kappa shape index (κ1) is 12.2. The highest BCUT2D eigenvalue weighted by atomic mass is 79.9. The number of hydrogen-bond donors (Lipinski definition) is 1. The number of nitrogens with zero attached hydrogens (tertiary/aromatic N) is 1. The summed E-state index contributed by atoms with van der Waals surface area (Å²) in [6.07, 6.45) is 6.10. The Morgan fingerprint density at radius 1 is 1.28 bits per heavy atom. The third kappa shape index (κ3) is 1.99. The van der Waals surface area contributed by atoms with Gasteiger partial charge in [0, 0.05) is 27.6 Å². The summed E-state index contributed by atoms with van der Waals surface area (Å²) < 4.78 is 1.21. The molecule has 0 spiro atoms. The van der Waals surface area contributed by atoms with E-state index in [9.17, 15) is 0 Å². The highest BCUT2D eigenvalue weighted by Gasteiger charge is 2.28. The van der Waals surface area contributed by atoms with E-state index in [-0.39, 0.29) is 0 Å². The molecule has 1 fully saturated rings. The molecule has 1 aromatic heterocycles. The second-order valence-corrected chi connectivity index (χ2v) is 6.39. The Morgan fingerprint density at radius 2 is 2.11 bits per heavy atom. The fourth-order valence-electron chi connectivity index (χ4n) is 3.20. The number of H-pyrrole nitrogens is 1. The first-order chi connectivity index (χ1) is 8.66. The van der Waals surface area contributed by atoms with Gasteiger partial charge in [-0.25, -0.2) is 0 Å². The molecule has 0 amide bonds. The molecule has 0 radical (unpaired) electrons. The normalized spacial score (nSPS) is 24.2. The van der Waals surface area contributed by atoms with Crippen LogP contribution in [0.4, 0.5) is 0 Å². The Hall–Kier alpha value is -0.800. The molecule has 2 nitrogen and oxygen atoms in total. The summed E-state index contributed by atoms with van der Waals surface area (Å²) in [5.74, 6) is 0.699. The van der Waals surface area contributed by atoms with Crippen LogP contribution in [-0.4, -0.2) is 30.0 Å². The molecular formula is C15H19BrN2. The van der Waals surface area contributed by atoms with Gasteiger partial charge in [-0.05, 0) is 57.0 Å². The minimum absolute atomic E-state index is 0.699. The van der Waals surface area contributed by atoms with Crippen LogP contribution < -0.4 is 0 Å². The first-order valence-corrected chi connectivity index (χ1v) is 7.38. The van der Waals surface area contributed by atoms with E-state index < -0.39 is 0 Å². The number of aromatic amines is 1. The molecule has 0 bridgehead atoms. The minimum Gasteiger partial charge on any atom is -0.361 e. The topological polar surface area (TPSA) is 19.0 Å². The summed E-state index contributed by atoms with van der Waals surface area (Å²) in [5, 5.41) is 1.38. The number of hydrogen-bond acceptors (Lipinski definition) is 1. The Labute approximate surface area is 116 Å². The van der Waals surface area contributed by atoms with E-state index in [4.69, 9.17) is 0 Å². The molecule has 2 aromatic rings. The lowest BCUT2D eigenvalue weighted by Crippen LogP contribution is -2.24. The Balaban J connectivity index is 1.96. The monoisotopic (exact) mass is 306 g/mol. The second-order valence-electron chi connectivity index (χ2n) is 5.53. The van der Waals surface area contributed by atoms with E-state index in [1.54, 1.807) is 0 Å². The van der Waals surface area contributed by atoms with E-state index in [1.807, 2.05) is 0 Å². The molecule has 1 aliphatic rings. The maximum Gasteiger partial charge on any atom is 0.0468 e. The molecule has 1 aromatic carbocycles. The summed E-state index contributed by atoms with van der Waals surface area (Å²) in [6.45, 7) is 0. The summed E-state index contributed by atoms with van der Waals surface area (Å²) in [6, 6.07) is 7.12. The van der Waals surface area contributed by atoms with Crippen molar-refractivity contribution in [1.82, 2.24) is 9.88 Å². The zero-order valence-corrected chi connectivity index (χ0v) is 12.5. The molecule has 1 N–H and O–H groups in total. The van der Waals surface area contributed by atoms with Crippen LogP contribution in [0, 0.1) is 0 Å². The molecule has 2 unspecified atom stereocenters. The second kappa shape index (κ2) is 4.71. The molecule has 3 rings (SSSR count). The van der Waals surface area contributed by atoms with Crippen molar-refractivity contribution in [1.29, 1.82) is 0 Å². The summed E-state index contributed by atoms with van der Waals surface area (Å²) in [4.78, 5) is 5.77. The quantitative estimate of drug-likeness (QED) is 0.884. The highest BCUT2D eigenvalue weighted by Crippen LogP contribution is 2.41. The Bertz CT molecular complexity index is 559. The average molecular weight is 307 g/mol. The van der Waals surface area contributed by atoms with Crippen LogP contribution in [0.15, 0.2) is 28.9 Å². The van der Waals surface area contributed by atoms with Crippen LogP contribution in [0.3, 0.4) is 0 Å². The molecule has 1 heterocycles. The predicted octanol–water partition coefficient (Wildman–Crippen LogP) is 4.13. The number of aromatic nitrogens is 1. The molecule has 0 saturated heterocycles. The lowest BCUT2D eigenvalue weighted by atomic mass is 9.97. The Kier molecular flexibility index (Phi) is 3.20. The third-order valence-electron chi connectivity index (χ3n) is 4.26. The molecular weight excluding hydrogens is 288 g/mol. The number of halogens is 1. The smallest absolute Gasteiger partial charge is 0.0468 e. The molecule has 96 valence electrons. The van der Waals surface area contributed by atoms with Gasteiger partial charge in [0.15, 0.2) is 0 Å². The van der Waals surface area contributed by atoms with Crippen molar-refractivity contribution >= 4 is 26.8 Å². The fourth-order valence-corrected chi connectivity index (χ4v) is 3.79. The summed E-state index contributed by atoms with van der Waals surface area (Å²) >= 11 is 3.69. The van der Waals surface area contributed by atoms with E-state index in [0.29, 0.717) is 5.92 Å². The predicted molar refractivity (Wildman–Crippen MR) is 80.1 cm³/mol. The van der Waals surface area contributed by atoms with Crippen molar-refractivity contribution in [3.05, 3.63) is 34.4 Å². The van der Waals surface area contributed by atoms with E-state index in [2.05, 4.69) is 64.3 Å². The average Bonchev–Trinajstić information content (AvgIpc) is 2.94. The molecule has 2 atom stereocenters. The van der Waals surface area contributed by atoms with E-state index in [0.717, 1.165) is 6.04 Å². The highest BCUT2D eigenvalue weighted by molar-refractivity contribution is 9.10. The van der Waals surface area contributed by atoms with Gasteiger partial charge in [-0.3, -0.25) is 0 Å². The maximum absolute atomic E-state index is 3.69. The van der Waals surface area contributed by atoms with E-state index >= 15 is 0 Å². The standard InChI is InChI=1S/C15H19BrN2/c1-18(2)11-7-6-10(8-11)12-9-17-14-5-3-4-13(16)15(12)14/h3-5,9-11,17H,6-8H2,1-2H3. The van der Waals surface area contributed by atoms with Crippen molar-refractivity contribution in [2.24, 2.45) is 0 Å². The van der Waals surface area contributed by atoms with Gasteiger partial charge in [-0.15, -0.1) is 0 Å².